The van der Waals surface area contributed by atoms with Crippen molar-refractivity contribution in [2.75, 3.05) is 11.1 Å². The number of Topliss-reactive ketones (excluding diaryl/α,β-unsaturated/α-hetero) is 1. The van der Waals surface area contributed by atoms with Gasteiger partial charge in [-0.2, -0.15) is 4.68 Å². The Morgan fingerprint density at radius 3 is 2.08 bits per heavy atom. The predicted molar refractivity (Wildman–Crippen MR) is 149 cm³/mol. The van der Waals surface area contributed by atoms with Gasteiger partial charge in [-0.15, -0.1) is 0 Å². The number of anilines is 2. The number of amides is 1. The molecule has 196 valence electrons. The molecule has 4 aromatic rings. The third-order valence-corrected chi connectivity index (χ3v) is 6.30. The second-order valence-corrected chi connectivity index (χ2v) is 10.3. The maximum Gasteiger partial charge on any atom is 0.356 e. The molecule has 0 aliphatic heterocycles. The van der Waals surface area contributed by atoms with Gasteiger partial charge in [-0.1, -0.05) is 80.9 Å². The molecule has 0 saturated heterocycles. The highest BCUT2D eigenvalue weighted by molar-refractivity contribution is 6.37. The summed E-state index contributed by atoms with van der Waals surface area (Å²) in [6, 6.07) is 19.2. The molecule has 0 saturated carbocycles. The van der Waals surface area contributed by atoms with Crippen LogP contribution in [-0.2, 0) is 11.3 Å². The SMILES string of the molecule is CC(=O)Nc1cc(N)c(C(=O)C(C)(C)C)c(-n2c(=O)n(Cc3ccccc3)n(-c3ccccc3)c2=O)c1Cl. The Labute approximate surface area is 224 Å². The van der Waals surface area contributed by atoms with E-state index < -0.39 is 28.5 Å². The van der Waals surface area contributed by atoms with Gasteiger partial charge in [0.05, 0.1) is 34.2 Å². The minimum atomic E-state index is -0.920. The molecule has 38 heavy (non-hydrogen) atoms. The lowest BCUT2D eigenvalue weighted by Crippen LogP contribution is -2.32. The zero-order valence-electron chi connectivity index (χ0n) is 21.5. The van der Waals surface area contributed by atoms with Gasteiger partial charge in [0, 0.05) is 18.0 Å². The maximum absolute atomic E-state index is 14.0. The Kier molecular flexibility index (Phi) is 7.15. The van der Waals surface area contributed by atoms with E-state index in [-0.39, 0.29) is 34.2 Å². The summed E-state index contributed by atoms with van der Waals surface area (Å²) < 4.78 is 3.35. The topological polar surface area (TPSA) is 121 Å². The monoisotopic (exact) mass is 533 g/mol. The number of nitrogens with one attached hydrogen (secondary N) is 1. The summed E-state index contributed by atoms with van der Waals surface area (Å²) in [5, 5.41) is 2.41. The van der Waals surface area contributed by atoms with E-state index in [1.165, 1.54) is 22.4 Å². The maximum atomic E-state index is 14.0. The third kappa shape index (κ3) is 4.92. The van der Waals surface area contributed by atoms with E-state index in [1.807, 2.05) is 30.3 Å². The molecule has 1 heterocycles. The zero-order valence-corrected chi connectivity index (χ0v) is 22.2. The highest BCUT2D eigenvalue weighted by atomic mass is 35.5. The first-order chi connectivity index (χ1) is 17.9. The number of aromatic nitrogens is 3. The molecule has 0 atom stereocenters. The van der Waals surface area contributed by atoms with E-state index in [9.17, 15) is 19.2 Å². The zero-order chi connectivity index (χ0) is 27.8. The van der Waals surface area contributed by atoms with E-state index in [1.54, 1.807) is 51.1 Å². The Morgan fingerprint density at radius 1 is 0.947 bits per heavy atom. The number of hydrogen-bond acceptors (Lipinski definition) is 5. The molecule has 0 fully saturated rings. The molecule has 1 amide bonds. The van der Waals surface area contributed by atoms with Crippen molar-refractivity contribution in [3.63, 3.8) is 0 Å². The van der Waals surface area contributed by atoms with Crippen LogP contribution in [0.5, 0.6) is 0 Å². The highest BCUT2D eigenvalue weighted by Gasteiger charge is 2.33. The van der Waals surface area contributed by atoms with Gasteiger partial charge in [0.1, 0.15) is 0 Å². The fourth-order valence-electron chi connectivity index (χ4n) is 4.16. The van der Waals surface area contributed by atoms with Crippen LogP contribution in [-0.4, -0.2) is 25.6 Å². The van der Waals surface area contributed by atoms with E-state index in [0.717, 1.165) is 10.1 Å². The van der Waals surface area contributed by atoms with Gasteiger partial charge in [-0.25, -0.2) is 18.8 Å². The van der Waals surface area contributed by atoms with E-state index in [4.69, 9.17) is 17.3 Å². The molecule has 0 radical (unpaired) electrons. The number of benzene rings is 3. The average Bonchev–Trinajstić information content (AvgIpc) is 3.09. The van der Waals surface area contributed by atoms with Crippen molar-refractivity contribution >= 4 is 34.7 Å². The molecular weight excluding hydrogens is 506 g/mol. The van der Waals surface area contributed by atoms with Crippen LogP contribution in [0.25, 0.3) is 11.4 Å². The van der Waals surface area contributed by atoms with Crippen molar-refractivity contribution in [1.82, 2.24) is 13.9 Å². The molecule has 9 nitrogen and oxygen atoms in total. The van der Waals surface area contributed by atoms with Gasteiger partial charge in [0.25, 0.3) is 0 Å². The Morgan fingerprint density at radius 2 is 1.53 bits per heavy atom. The third-order valence-electron chi connectivity index (χ3n) is 5.91. The molecule has 0 bridgehead atoms. The van der Waals surface area contributed by atoms with Gasteiger partial charge in [0.2, 0.25) is 5.91 Å². The number of ketones is 1. The first kappa shape index (κ1) is 26.7. The van der Waals surface area contributed by atoms with Gasteiger partial charge < -0.3 is 11.1 Å². The first-order valence-corrected chi connectivity index (χ1v) is 12.3. The quantitative estimate of drug-likeness (QED) is 0.283. The minimum absolute atomic E-state index is 0.0264. The van der Waals surface area contributed by atoms with Crippen molar-refractivity contribution in [2.45, 2.75) is 34.2 Å². The fourth-order valence-corrected chi connectivity index (χ4v) is 4.44. The Hall–Kier alpha value is -4.37. The fraction of sp³-hybridized carbons (Fsp3) is 0.214. The van der Waals surface area contributed by atoms with Crippen LogP contribution >= 0.6 is 11.6 Å². The molecule has 3 aromatic carbocycles. The Balaban J connectivity index is 2.13. The molecular formula is C28H28ClN5O4. The second kappa shape index (κ2) is 10.2. The van der Waals surface area contributed by atoms with Crippen LogP contribution in [0.1, 0.15) is 43.6 Å². The van der Waals surface area contributed by atoms with E-state index in [2.05, 4.69) is 5.32 Å². The normalized spacial score (nSPS) is 11.4. The summed E-state index contributed by atoms with van der Waals surface area (Å²) >= 11 is 6.73. The summed E-state index contributed by atoms with van der Waals surface area (Å²) in [4.78, 5) is 53.5. The summed E-state index contributed by atoms with van der Waals surface area (Å²) in [6.07, 6.45) is 0. The summed E-state index contributed by atoms with van der Waals surface area (Å²) in [5.41, 5.74) is 4.93. The number of nitrogen functional groups attached to an aromatic ring is 1. The van der Waals surface area contributed by atoms with Crippen LogP contribution in [0.2, 0.25) is 5.02 Å². The number of nitrogens with two attached hydrogens (primary N) is 1. The van der Waals surface area contributed by atoms with Crippen LogP contribution in [0, 0.1) is 5.41 Å². The number of rotatable bonds is 6. The molecule has 0 unspecified atom stereocenters. The van der Waals surface area contributed by atoms with Crippen molar-refractivity contribution in [3.8, 4) is 11.4 Å². The number of para-hydroxylation sites is 1. The van der Waals surface area contributed by atoms with Crippen LogP contribution < -0.4 is 22.4 Å². The molecule has 3 N–H and O–H groups in total. The minimum Gasteiger partial charge on any atom is -0.398 e. The second-order valence-electron chi connectivity index (χ2n) is 9.90. The smallest absolute Gasteiger partial charge is 0.356 e. The van der Waals surface area contributed by atoms with Crippen LogP contribution in [0.15, 0.2) is 76.3 Å². The molecule has 0 aliphatic rings. The summed E-state index contributed by atoms with van der Waals surface area (Å²) in [6.45, 7) is 6.43. The highest BCUT2D eigenvalue weighted by Crippen LogP contribution is 2.38. The standard InChI is InChI=1S/C28H28ClN5O4/c1-17(35)31-21-15-20(30)22(25(36)28(2,3)4)24(23(21)29)33-26(37)32(16-18-11-7-5-8-12-18)34(27(33)38)19-13-9-6-10-14-19/h5-15H,16,30H2,1-4H3,(H,31,35). The number of nitrogens with zero attached hydrogens (tertiary/aromatic N) is 3. The van der Waals surface area contributed by atoms with Gasteiger partial charge >= 0.3 is 11.4 Å². The van der Waals surface area contributed by atoms with Crippen LogP contribution in [0.3, 0.4) is 0 Å². The largest absolute Gasteiger partial charge is 0.398 e. The van der Waals surface area contributed by atoms with Crippen LogP contribution in [0.4, 0.5) is 11.4 Å². The molecule has 1 aromatic heterocycles. The number of carbonyl (C=O) groups excluding carboxylic acids is 2. The average molecular weight is 534 g/mol. The van der Waals surface area contributed by atoms with Crippen molar-refractivity contribution in [2.24, 2.45) is 5.41 Å². The summed E-state index contributed by atoms with van der Waals surface area (Å²) in [5.74, 6) is -0.863. The van der Waals surface area contributed by atoms with Gasteiger partial charge in [-0.3, -0.25) is 9.59 Å². The lowest BCUT2D eigenvalue weighted by Gasteiger charge is -2.22. The van der Waals surface area contributed by atoms with Crippen molar-refractivity contribution in [1.29, 1.82) is 0 Å². The van der Waals surface area contributed by atoms with Gasteiger partial charge in [-0.05, 0) is 23.8 Å². The van der Waals surface area contributed by atoms with Gasteiger partial charge in [0.15, 0.2) is 5.78 Å². The number of halogens is 1. The first-order valence-electron chi connectivity index (χ1n) is 11.9. The van der Waals surface area contributed by atoms with E-state index in [0.29, 0.717) is 5.69 Å². The number of carbonyl (C=O) groups is 2. The molecule has 4 rings (SSSR count). The molecule has 0 spiro atoms. The Bertz CT molecular complexity index is 1650. The molecule has 10 heteroatoms. The lowest BCUT2D eigenvalue weighted by atomic mass is 9.85. The van der Waals surface area contributed by atoms with E-state index >= 15 is 0 Å². The predicted octanol–water partition coefficient (Wildman–Crippen LogP) is 4.26. The molecule has 0 aliphatic carbocycles. The summed E-state index contributed by atoms with van der Waals surface area (Å²) in [7, 11) is 0. The van der Waals surface area contributed by atoms with Crippen molar-refractivity contribution < 1.29 is 9.59 Å². The number of hydrogen-bond donors (Lipinski definition) is 2. The lowest BCUT2D eigenvalue weighted by molar-refractivity contribution is -0.114. The van der Waals surface area contributed by atoms with Crippen molar-refractivity contribution in [3.05, 3.63) is 104 Å².